The van der Waals surface area contributed by atoms with Gasteiger partial charge in [0, 0.05) is 100 Å². The molecule has 1 unspecified atom stereocenters. The molecule has 0 aromatic heterocycles. The molecule has 7 heteroatoms. The third-order valence-corrected chi connectivity index (χ3v) is 10.0. The molecule has 7 nitrogen and oxygen atoms in total. The van der Waals surface area contributed by atoms with E-state index in [2.05, 4.69) is 106 Å². The van der Waals surface area contributed by atoms with Crippen LogP contribution in [-0.2, 0) is 0 Å². The summed E-state index contributed by atoms with van der Waals surface area (Å²) in [5.41, 5.74) is 6.96. The Bertz CT molecular complexity index is 2530. The van der Waals surface area contributed by atoms with Crippen molar-refractivity contribution >= 4 is 71.4 Å². The number of hydrogen-bond acceptors (Lipinski definition) is 7. The van der Waals surface area contributed by atoms with Crippen molar-refractivity contribution in [2.75, 3.05) is 76.0 Å². The normalized spacial score (nSPS) is 14.1. The maximum Gasteiger partial charge on any atom is 0.134 e. The van der Waals surface area contributed by atoms with Gasteiger partial charge in [0.2, 0.25) is 0 Å². The van der Waals surface area contributed by atoms with Crippen LogP contribution in [0.1, 0.15) is 17.0 Å². The molecule has 0 fully saturated rings. The average Bonchev–Trinajstić information content (AvgIpc) is 3.09. The van der Waals surface area contributed by atoms with Crippen molar-refractivity contribution in [1.29, 1.82) is 10.5 Å². The average molecular weight is 657 g/mol. The number of nitrogens with zero attached hydrogens (tertiary/aromatic N) is 6. The van der Waals surface area contributed by atoms with E-state index in [1.165, 1.54) is 0 Å². The quantitative estimate of drug-likeness (QED) is 0.142. The summed E-state index contributed by atoms with van der Waals surface area (Å²) >= 11 is 0. The third kappa shape index (κ3) is 4.70. The van der Waals surface area contributed by atoms with E-state index in [9.17, 15) is 15.6 Å². The van der Waals surface area contributed by atoms with E-state index in [0.717, 1.165) is 77.0 Å². The number of aliphatic hydroxyl groups excluding tert-OH is 1. The van der Waals surface area contributed by atoms with Crippen molar-refractivity contribution in [3.63, 3.8) is 0 Å². The number of rotatable bonds is 6. The van der Waals surface area contributed by atoms with Gasteiger partial charge in [-0.05, 0) is 56.9 Å². The van der Waals surface area contributed by atoms with Crippen LogP contribution in [0.2, 0.25) is 0 Å². The van der Waals surface area contributed by atoms with Crippen LogP contribution >= 0.6 is 0 Å². The number of fused-ring (bicyclic) bond motifs is 4. The lowest BCUT2D eigenvalue weighted by molar-refractivity contribution is 0.370. The Morgan fingerprint density at radius 3 is 1.56 bits per heavy atom. The molecule has 1 N–H and O–H groups in total. The minimum absolute atomic E-state index is 0.000262. The molecule has 0 saturated carbocycles. The molecule has 0 radical (unpaired) electrons. The van der Waals surface area contributed by atoms with Gasteiger partial charge in [0.25, 0.3) is 0 Å². The molecule has 0 spiro atoms. The number of allylic oxidation sites excluding steroid dienone is 3. The summed E-state index contributed by atoms with van der Waals surface area (Å²) in [6.45, 7) is 0. The Morgan fingerprint density at radius 2 is 1.06 bits per heavy atom. The van der Waals surface area contributed by atoms with Gasteiger partial charge in [0.1, 0.15) is 23.5 Å². The molecular formula is C43H40N6O. The smallest absolute Gasteiger partial charge is 0.134 e. The van der Waals surface area contributed by atoms with E-state index in [1.807, 2.05) is 66.6 Å². The van der Waals surface area contributed by atoms with Crippen molar-refractivity contribution in [2.45, 2.75) is 5.92 Å². The molecule has 0 bridgehead atoms. The summed E-state index contributed by atoms with van der Waals surface area (Å²) in [4.78, 5) is 8.48. The first-order chi connectivity index (χ1) is 24.0. The van der Waals surface area contributed by atoms with Crippen LogP contribution < -0.4 is 19.6 Å². The van der Waals surface area contributed by atoms with Gasteiger partial charge in [0.05, 0.1) is 17.3 Å². The second-order valence-corrected chi connectivity index (χ2v) is 13.8. The van der Waals surface area contributed by atoms with Gasteiger partial charge in [-0.2, -0.15) is 10.5 Å². The standard InChI is InChI=1S/C43H40N6O/c1-46(2)34-19-17-30(32-21-25-13-9-11-15-28(25)41(37(32)34)48(5)6)39-36(27(23-44)24-45)40(43(39)50)31-18-20-35(47(3)4)38-33(31)22-26-14-10-12-16-29(26)42(38)49(7)8/h9-22,39,50H,1-8H3. The Hall–Kier alpha value is -6.18. The topological polar surface area (TPSA) is 80.8 Å². The SMILES string of the molecule is CN(C)c1ccc(C2=C(O)C(c3ccc(N(C)C)c4c(N(C)C)c5ccccc5cc34)C2=C(C#N)C#N)c2cc3ccccc3c(N(C)C)c12. The zero-order valence-corrected chi connectivity index (χ0v) is 29.8. The summed E-state index contributed by atoms with van der Waals surface area (Å²) < 4.78 is 0. The van der Waals surface area contributed by atoms with Gasteiger partial charge in [-0.15, -0.1) is 0 Å². The maximum atomic E-state index is 12.3. The van der Waals surface area contributed by atoms with Crippen LogP contribution in [0.3, 0.4) is 0 Å². The van der Waals surface area contributed by atoms with E-state index in [1.54, 1.807) is 0 Å². The maximum absolute atomic E-state index is 12.3. The van der Waals surface area contributed by atoms with Crippen LogP contribution in [0, 0.1) is 22.7 Å². The monoisotopic (exact) mass is 656 g/mol. The molecule has 0 amide bonds. The predicted octanol–water partition coefficient (Wildman–Crippen LogP) is 8.97. The summed E-state index contributed by atoms with van der Waals surface area (Å²) in [6.07, 6.45) is 0. The lowest BCUT2D eigenvalue weighted by Crippen LogP contribution is -2.23. The predicted molar refractivity (Wildman–Crippen MR) is 211 cm³/mol. The fourth-order valence-electron chi connectivity index (χ4n) is 7.92. The molecule has 7 rings (SSSR count). The van der Waals surface area contributed by atoms with Crippen LogP contribution in [0.4, 0.5) is 22.7 Å². The summed E-state index contributed by atoms with van der Waals surface area (Å²) in [5, 5.41) is 41.5. The molecule has 6 aromatic rings. The Balaban J connectivity index is 1.60. The highest BCUT2D eigenvalue weighted by Crippen LogP contribution is 2.57. The van der Waals surface area contributed by atoms with E-state index >= 15 is 0 Å². The molecule has 0 aliphatic heterocycles. The number of hydrogen-bond donors (Lipinski definition) is 1. The molecule has 1 aliphatic carbocycles. The first-order valence-corrected chi connectivity index (χ1v) is 16.6. The zero-order chi connectivity index (χ0) is 35.6. The van der Waals surface area contributed by atoms with Crippen LogP contribution in [0.15, 0.2) is 102 Å². The minimum Gasteiger partial charge on any atom is -0.511 e. The number of benzene rings is 6. The molecule has 6 aromatic carbocycles. The van der Waals surface area contributed by atoms with Crippen molar-refractivity contribution in [3.05, 3.63) is 113 Å². The Morgan fingerprint density at radius 1 is 0.580 bits per heavy atom. The van der Waals surface area contributed by atoms with Crippen molar-refractivity contribution < 1.29 is 5.11 Å². The number of nitriles is 2. The van der Waals surface area contributed by atoms with Crippen molar-refractivity contribution in [3.8, 4) is 12.1 Å². The van der Waals surface area contributed by atoms with E-state index < -0.39 is 5.92 Å². The van der Waals surface area contributed by atoms with Crippen molar-refractivity contribution in [2.24, 2.45) is 0 Å². The molecule has 50 heavy (non-hydrogen) atoms. The zero-order valence-electron chi connectivity index (χ0n) is 29.8. The minimum atomic E-state index is -0.661. The van der Waals surface area contributed by atoms with Gasteiger partial charge in [-0.1, -0.05) is 60.7 Å². The fourth-order valence-corrected chi connectivity index (χ4v) is 7.92. The van der Waals surface area contributed by atoms with Gasteiger partial charge in [0.15, 0.2) is 0 Å². The Labute approximate surface area is 293 Å². The molecule has 1 aliphatic rings. The lowest BCUT2D eigenvalue weighted by Gasteiger charge is -2.36. The highest BCUT2D eigenvalue weighted by Gasteiger charge is 2.42. The highest BCUT2D eigenvalue weighted by atomic mass is 16.3. The molecule has 0 saturated heterocycles. The third-order valence-electron chi connectivity index (χ3n) is 10.0. The fraction of sp³-hybridized carbons (Fsp3) is 0.209. The van der Waals surface area contributed by atoms with Crippen LogP contribution in [-0.4, -0.2) is 61.5 Å². The van der Waals surface area contributed by atoms with E-state index in [0.29, 0.717) is 11.1 Å². The molecule has 1 atom stereocenters. The van der Waals surface area contributed by atoms with Gasteiger partial charge in [-0.25, -0.2) is 0 Å². The van der Waals surface area contributed by atoms with Gasteiger partial charge < -0.3 is 24.7 Å². The molecular weight excluding hydrogens is 617 g/mol. The highest BCUT2D eigenvalue weighted by molar-refractivity contribution is 6.21. The summed E-state index contributed by atoms with van der Waals surface area (Å²) in [5.74, 6) is -0.508. The van der Waals surface area contributed by atoms with Crippen molar-refractivity contribution in [1.82, 2.24) is 0 Å². The first-order valence-electron chi connectivity index (χ1n) is 16.6. The molecule has 248 valence electrons. The van der Waals surface area contributed by atoms with E-state index in [4.69, 9.17) is 0 Å². The lowest BCUT2D eigenvalue weighted by atomic mass is 9.68. The first kappa shape index (κ1) is 32.4. The largest absolute Gasteiger partial charge is 0.511 e. The second kappa shape index (κ2) is 12.1. The molecule has 0 heterocycles. The van der Waals surface area contributed by atoms with Gasteiger partial charge >= 0.3 is 0 Å². The number of aliphatic hydroxyl groups is 1. The second-order valence-electron chi connectivity index (χ2n) is 13.8. The summed E-state index contributed by atoms with van der Waals surface area (Å²) in [6, 6.07) is 33.6. The summed E-state index contributed by atoms with van der Waals surface area (Å²) in [7, 11) is 16.3. The number of anilines is 4. The van der Waals surface area contributed by atoms with Crippen LogP contribution in [0.25, 0.3) is 48.7 Å². The Kier molecular flexibility index (Phi) is 7.80. The van der Waals surface area contributed by atoms with Crippen LogP contribution in [0.5, 0.6) is 0 Å². The van der Waals surface area contributed by atoms with E-state index in [-0.39, 0.29) is 11.3 Å². The van der Waals surface area contributed by atoms with Gasteiger partial charge in [-0.3, -0.25) is 0 Å².